The largest absolute Gasteiger partial charge is 0.495 e. The number of methoxy groups -OCH3 is 3. The van der Waals surface area contributed by atoms with E-state index in [0.717, 1.165) is 64.3 Å². The van der Waals surface area contributed by atoms with Gasteiger partial charge in [0.25, 0.3) is 47.8 Å². The van der Waals surface area contributed by atoms with Gasteiger partial charge < -0.3 is 43.6 Å². The van der Waals surface area contributed by atoms with Crippen LogP contribution in [0, 0.1) is 12.8 Å². The van der Waals surface area contributed by atoms with E-state index in [2.05, 4.69) is 70.4 Å². The van der Waals surface area contributed by atoms with E-state index in [1.54, 1.807) is 97.6 Å². The maximum absolute atomic E-state index is 15.3. The average Bonchev–Trinajstić information content (AvgIpc) is 0.788. The molecule has 21 nitrogen and oxygen atoms in total. The summed E-state index contributed by atoms with van der Waals surface area (Å²) in [5.41, 5.74) is 10.7. The first-order chi connectivity index (χ1) is 52.1. The number of carbonyl (C=O) groups is 3. The highest BCUT2D eigenvalue weighted by atomic mass is 32.2. The number of amides is 3. The molecule has 572 valence electrons. The van der Waals surface area contributed by atoms with Crippen LogP contribution in [0.1, 0.15) is 112 Å². The molecule has 3 heterocycles. The van der Waals surface area contributed by atoms with Gasteiger partial charge in [0.1, 0.15) is 17.2 Å². The number of carbonyl (C=O) groups excluding carboxylic acids is 3. The number of hydrogen-bond acceptors (Lipinski definition) is 15. The molecular formula is C85H97N9O12S3. The van der Waals surface area contributed by atoms with Gasteiger partial charge in [-0.2, -0.15) is 0 Å². The molecule has 3 saturated heterocycles. The van der Waals surface area contributed by atoms with Crippen LogP contribution in [-0.4, -0.2) is 158 Å². The molecule has 3 fully saturated rings. The van der Waals surface area contributed by atoms with Gasteiger partial charge in [0, 0.05) is 112 Å². The van der Waals surface area contributed by atoms with Crippen LogP contribution in [0.4, 0.5) is 34.1 Å². The molecule has 0 unspecified atom stereocenters. The van der Waals surface area contributed by atoms with Crippen molar-refractivity contribution < 1.29 is 53.8 Å². The molecule has 0 bridgehead atoms. The minimum absolute atomic E-state index is 0.0183. The normalized spacial score (nSPS) is 14.5. The number of piperazine rings is 3. The van der Waals surface area contributed by atoms with Gasteiger partial charge in [0.05, 0.1) is 53.1 Å². The second kappa shape index (κ2) is 33.1. The topological polar surface area (TPSA) is 237 Å². The monoisotopic (exact) mass is 1530 g/mol. The van der Waals surface area contributed by atoms with Crippen molar-refractivity contribution in [2.45, 2.75) is 94.3 Å². The molecule has 0 radical (unpaired) electrons. The van der Waals surface area contributed by atoms with E-state index in [0.29, 0.717) is 128 Å². The fourth-order valence-electron chi connectivity index (χ4n) is 14.4. The predicted octanol–water partition coefficient (Wildman–Crippen LogP) is 14.0. The molecule has 0 atom stereocenters. The lowest BCUT2D eigenvalue weighted by Gasteiger charge is -2.37. The van der Waals surface area contributed by atoms with E-state index in [1.165, 1.54) is 36.4 Å². The van der Waals surface area contributed by atoms with Gasteiger partial charge in [-0.25, -0.2) is 25.3 Å². The second-order valence-electron chi connectivity index (χ2n) is 29.5. The van der Waals surface area contributed by atoms with E-state index in [4.69, 9.17) is 14.2 Å². The third kappa shape index (κ3) is 18.1. The SMILES string of the molecule is CCCc1ccc(NS(=O)(=O)c2ccc(-c3ccc(N4CCN(C(=O)c5cc(S(=O)(=O)Nc6ccc(CC(C)C)cc6)ccc5Cc5ccc(N6CCN(C(=O)c7cc(S(=O)(=O)Nc8ccc(C(C)(C)C)cc8)ccc7C)CC6)c(OC)c5)CC4)c(OC)c3)c(C(=O)N3CCN(c4ccccc4OC)CC3)c2)cc1. The number of nitrogens with one attached hydrogen (secondary N) is 3. The highest BCUT2D eigenvalue weighted by molar-refractivity contribution is 7.93. The number of hydrogen-bond donors (Lipinski definition) is 3. The van der Waals surface area contributed by atoms with E-state index in [9.17, 15) is 30.0 Å². The summed E-state index contributed by atoms with van der Waals surface area (Å²) in [4.78, 5) is 56.0. The molecule has 3 aliphatic heterocycles. The minimum Gasteiger partial charge on any atom is -0.495 e. The van der Waals surface area contributed by atoms with Crippen molar-refractivity contribution in [1.29, 1.82) is 0 Å². The summed E-state index contributed by atoms with van der Waals surface area (Å²) in [6.45, 7) is 19.0. The summed E-state index contributed by atoms with van der Waals surface area (Å²) in [5, 5.41) is 0. The summed E-state index contributed by atoms with van der Waals surface area (Å²) < 4.78 is 111. The molecule has 24 heteroatoms. The zero-order valence-corrected chi connectivity index (χ0v) is 66.0. The predicted molar refractivity (Wildman–Crippen MR) is 432 cm³/mol. The van der Waals surface area contributed by atoms with Crippen LogP contribution < -0.4 is 43.1 Å². The molecule has 9 aromatic carbocycles. The van der Waals surface area contributed by atoms with E-state index in [-0.39, 0.29) is 68.5 Å². The van der Waals surface area contributed by atoms with Gasteiger partial charge in [0.2, 0.25) is 0 Å². The Bertz CT molecular complexity index is 5170. The Balaban J connectivity index is 0.765. The fraction of sp³-hybridized carbons (Fsp3) is 0.329. The molecule has 9 aromatic rings. The molecule has 3 N–H and O–H groups in total. The molecule has 0 aliphatic carbocycles. The quantitative estimate of drug-likeness (QED) is 0.0482. The van der Waals surface area contributed by atoms with Gasteiger partial charge in [-0.3, -0.25) is 28.5 Å². The number of ether oxygens (including phenoxy) is 3. The smallest absolute Gasteiger partial charge is 0.261 e. The maximum Gasteiger partial charge on any atom is 0.261 e. The van der Waals surface area contributed by atoms with Crippen molar-refractivity contribution in [1.82, 2.24) is 14.7 Å². The van der Waals surface area contributed by atoms with E-state index in [1.807, 2.05) is 97.1 Å². The van der Waals surface area contributed by atoms with Crippen LogP contribution in [0.15, 0.2) is 203 Å². The lowest BCUT2D eigenvalue weighted by molar-refractivity contribution is 0.0738. The Hall–Kier alpha value is -10.6. The standard InChI is InChI=1S/C85H97N9O12S3/c1-11-14-60-18-27-66(28-19-60)86-109(102,103)71-35-36-72(75(57-71)84(97)94-49-39-89(40-50-94)76-15-12-13-16-79(76)104-8)64-24-38-78(81(54-64)106-10)91-43-47-93(48-44-91)83(96)74-56-70(108(100,101)87-67-29-20-61(21-30-67)51-58(2)3)34-23-63(74)52-62-22-37-77(80(53-62)105-9)90-41-45-92(46-42-90)82(95)73-55-69(33-17-59(73)4)107(98,99)88-68-31-25-65(26-32-68)85(5,6)7/h12-13,15-38,53-58,86-88H,11,14,39-52H2,1-10H3. The Kier molecular flexibility index (Phi) is 23.7. The van der Waals surface area contributed by atoms with Crippen molar-refractivity contribution in [2.24, 2.45) is 5.92 Å². The van der Waals surface area contributed by atoms with Crippen molar-refractivity contribution in [2.75, 3.05) is 129 Å². The highest BCUT2D eigenvalue weighted by Gasteiger charge is 2.33. The van der Waals surface area contributed by atoms with Crippen LogP contribution in [0.3, 0.4) is 0 Å². The molecule has 12 rings (SSSR count). The summed E-state index contributed by atoms with van der Waals surface area (Å²) >= 11 is 0. The van der Waals surface area contributed by atoms with Crippen molar-refractivity contribution >= 4 is 81.9 Å². The Morgan fingerprint density at radius 3 is 1.34 bits per heavy atom. The van der Waals surface area contributed by atoms with Crippen LogP contribution in [-0.2, 0) is 54.7 Å². The maximum atomic E-state index is 15.3. The number of rotatable bonds is 25. The summed E-state index contributed by atoms with van der Waals surface area (Å²) in [7, 11) is -7.63. The zero-order valence-electron chi connectivity index (χ0n) is 63.6. The molecule has 0 saturated carbocycles. The molecule has 3 amide bonds. The van der Waals surface area contributed by atoms with Crippen molar-refractivity contribution in [3.8, 4) is 28.4 Å². The van der Waals surface area contributed by atoms with Gasteiger partial charge in [-0.05, 0) is 191 Å². The molecule has 3 aliphatic rings. The number of benzene rings is 9. The first-order valence-corrected chi connectivity index (χ1v) is 41.4. The third-order valence-corrected chi connectivity index (χ3v) is 24.6. The van der Waals surface area contributed by atoms with Gasteiger partial charge in [-0.15, -0.1) is 0 Å². The van der Waals surface area contributed by atoms with Gasteiger partial charge in [0.15, 0.2) is 0 Å². The van der Waals surface area contributed by atoms with E-state index < -0.39 is 30.1 Å². The summed E-state index contributed by atoms with van der Waals surface area (Å²) in [5.74, 6) is 1.23. The second-order valence-corrected chi connectivity index (χ2v) is 34.5. The average molecular weight is 1530 g/mol. The van der Waals surface area contributed by atoms with Gasteiger partial charge >= 0.3 is 0 Å². The number of sulfonamides is 3. The van der Waals surface area contributed by atoms with Crippen LogP contribution in [0.5, 0.6) is 17.2 Å². The number of anilines is 6. The molecule has 109 heavy (non-hydrogen) atoms. The van der Waals surface area contributed by atoms with Crippen LogP contribution in [0.2, 0.25) is 0 Å². The van der Waals surface area contributed by atoms with Crippen molar-refractivity contribution in [3.05, 3.63) is 238 Å². The highest BCUT2D eigenvalue weighted by Crippen LogP contribution is 2.39. The molecule has 0 aromatic heterocycles. The molecular weight excluding hydrogens is 1440 g/mol. The third-order valence-electron chi connectivity index (χ3n) is 20.4. The first-order valence-electron chi connectivity index (χ1n) is 37.0. The van der Waals surface area contributed by atoms with E-state index >= 15 is 9.59 Å². The Morgan fingerprint density at radius 1 is 0.431 bits per heavy atom. The summed E-state index contributed by atoms with van der Waals surface area (Å²) in [6, 6.07) is 55.0. The number of aryl methyl sites for hydroxylation is 2. The fourth-order valence-corrected chi connectivity index (χ4v) is 17.6. The Morgan fingerprint density at radius 2 is 0.844 bits per heavy atom. The van der Waals surface area contributed by atoms with Gasteiger partial charge in [-0.1, -0.05) is 127 Å². The van der Waals surface area contributed by atoms with Crippen LogP contribution >= 0.6 is 0 Å². The van der Waals surface area contributed by atoms with Crippen LogP contribution in [0.25, 0.3) is 11.1 Å². The lowest BCUT2D eigenvalue weighted by Crippen LogP contribution is -2.49. The minimum atomic E-state index is -4.21. The number of nitrogens with zero attached hydrogens (tertiary/aromatic N) is 6. The molecule has 0 spiro atoms. The summed E-state index contributed by atoms with van der Waals surface area (Å²) in [6.07, 6.45) is 2.88. The zero-order chi connectivity index (χ0) is 77.5. The Labute approximate surface area is 641 Å². The van der Waals surface area contributed by atoms with Crippen molar-refractivity contribution in [3.63, 3.8) is 0 Å². The number of para-hydroxylation sites is 2. The lowest BCUT2D eigenvalue weighted by atomic mass is 9.87. The first kappa shape index (κ1) is 78.0.